The molecule has 0 saturated carbocycles. The first-order valence-corrected chi connectivity index (χ1v) is 8.69. The highest BCUT2D eigenvalue weighted by molar-refractivity contribution is 7.91. The van der Waals surface area contributed by atoms with E-state index in [1.54, 1.807) is 17.9 Å². The Balaban J connectivity index is 1.93. The summed E-state index contributed by atoms with van der Waals surface area (Å²) in [5, 5.41) is 7.26. The molecule has 1 unspecified atom stereocenters. The van der Waals surface area contributed by atoms with E-state index in [-0.39, 0.29) is 17.5 Å². The Morgan fingerprint density at radius 2 is 2.00 bits per heavy atom. The van der Waals surface area contributed by atoms with Crippen LogP contribution in [-0.2, 0) is 16.4 Å². The van der Waals surface area contributed by atoms with Crippen LogP contribution in [0.4, 0.5) is 5.69 Å². The number of nitrogens with one attached hydrogen (secondary N) is 1. The highest BCUT2D eigenvalue weighted by Crippen LogP contribution is 2.12. The molecule has 2 aromatic rings. The lowest BCUT2D eigenvalue weighted by atomic mass is 10.2. The van der Waals surface area contributed by atoms with Crippen molar-refractivity contribution >= 4 is 15.5 Å². The topological polar surface area (TPSA) is 76.9 Å². The van der Waals surface area contributed by atoms with E-state index in [0.717, 1.165) is 11.3 Å². The summed E-state index contributed by atoms with van der Waals surface area (Å²) in [5.41, 5.74) is 2.02. The van der Waals surface area contributed by atoms with Crippen molar-refractivity contribution in [3.05, 3.63) is 42.5 Å². The number of aromatic nitrogens is 3. The maximum absolute atomic E-state index is 11.6. The standard InChI is InChI=1S/C14H20N4O2S/c1-3-21(19,20)9-12(2)17-14-6-4-13(5-7-14)8-18-11-15-10-16-18/h4-7,10-12,17H,3,8-9H2,1-2H3. The van der Waals surface area contributed by atoms with Gasteiger partial charge in [-0.2, -0.15) is 5.10 Å². The van der Waals surface area contributed by atoms with E-state index in [2.05, 4.69) is 15.4 Å². The van der Waals surface area contributed by atoms with Crippen LogP contribution in [-0.4, -0.2) is 40.7 Å². The van der Waals surface area contributed by atoms with Crippen LogP contribution in [0.2, 0.25) is 0 Å². The molecule has 0 radical (unpaired) electrons. The first kappa shape index (κ1) is 15.5. The third kappa shape index (κ3) is 4.86. The normalized spacial score (nSPS) is 13.0. The van der Waals surface area contributed by atoms with Gasteiger partial charge in [-0.25, -0.2) is 18.1 Å². The van der Waals surface area contributed by atoms with Crippen LogP contribution in [0.3, 0.4) is 0 Å². The molecule has 0 spiro atoms. The maximum Gasteiger partial charge on any atom is 0.152 e. The fourth-order valence-electron chi connectivity index (χ4n) is 2.03. The summed E-state index contributed by atoms with van der Waals surface area (Å²) in [7, 11) is -2.96. The zero-order valence-corrected chi connectivity index (χ0v) is 13.0. The van der Waals surface area contributed by atoms with Crippen LogP contribution in [0.15, 0.2) is 36.9 Å². The molecule has 0 fully saturated rings. The fraction of sp³-hybridized carbons (Fsp3) is 0.429. The summed E-state index contributed by atoms with van der Waals surface area (Å²) in [5.74, 6) is 0.320. The Kier molecular flexibility index (Phi) is 4.95. The van der Waals surface area contributed by atoms with Gasteiger partial charge in [0.25, 0.3) is 0 Å². The third-order valence-corrected chi connectivity index (χ3v) is 5.01. The molecule has 0 bridgehead atoms. The lowest BCUT2D eigenvalue weighted by Gasteiger charge is -2.15. The highest BCUT2D eigenvalue weighted by atomic mass is 32.2. The van der Waals surface area contributed by atoms with Crippen molar-refractivity contribution in [3.8, 4) is 0 Å². The number of rotatable bonds is 7. The van der Waals surface area contributed by atoms with Gasteiger partial charge in [0.2, 0.25) is 0 Å². The van der Waals surface area contributed by atoms with Gasteiger partial charge in [0.05, 0.1) is 12.3 Å². The van der Waals surface area contributed by atoms with Crippen LogP contribution in [0, 0.1) is 0 Å². The van der Waals surface area contributed by atoms with Crippen LogP contribution in [0.25, 0.3) is 0 Å². The molecule has 114 valence electrons. The van der Waals surface area contributed by atoms with Gasteiger partial charge in [-0.3, -0.25) is 0 Å². The molecule has 1 atom stereocenters. The lowest BCUT2D eigenvalue weighted by Crippen LogP contribution is -2.26. The van der Waals surface area contributed by atoms with Crippen molar-refractivity contribution in [2.45, 2.75) is 26.4 Å². The monoisotopic (exact) mass is 308 g/mol. The molecule has 0 aliphatic rings. The zero-order valence-electron chi connectivity index (χ0n) is 12.2. The maximum atomic E-state index is 11.6. The molecular formula is C14H20N4O2S. The second kappa shape index (κ2) is 6.71. The van der Waals surface area contributed by atoms with Crippen LogP contribution in [0.1, 0.15) is 19.4 Å². The highest BCUT2D eigenvalue weighted by Gasteiger charge is 2.13. The first-order chi connectivity index (χ1) is 9.98. The van der Waals surface area contributed by atoms with E-state index in [4.69, 9.17) is 0 Å². The van der Waals surface area contributed by atoms with Crippen LogP contribution < -0.4 is 5.32 Å². The average Bonchev–Trinajstić information content (AvgIpc) is 2.93. The molecular weight excluding hydrogens is 288 g/mol. The van der Waals surface area contributed by atoms with Gasteiger partial charge in [0.1, 0.15) is 12.7 Å². The molecule has 21 heavy (non-hydrogen) atoms. The number of nitrogens with zero attached hydrogens (tertiary/aromatic N) is 3. The predicted molar refractivity (Wildman–Crippen MR) is 83.0 cm³/mol. The van der Waals surface area contributed by atoms with Gasteiger partial charge in [0, 0.05) is 17.5 Å². The third-order valence-electron chi connectivity index (χ3n) is 3.12. The molecule has 2 rings (SSSR count). The molecule has 1 aromatic carbocycles. The van der Waals surface area contributed by atoms with E-state index < -0.39 is 9.84 Å². The van der Waals surface area contributed by atoms with E-state index in [9.17, 15) is 8.42 Å². The van der Waals surface area contributed by atoms with Gasteiger partial charge >= 0.3 is 0 Å². The van der Waals surface area contributed by atoms with E-state index in [0.29, 0.717) is 6.54 Å². The smallest absolute Gasteiger partial charge is 0.152 e. The molecule has 1 heterocycles. The molecule has 1 aromatic heterocycles. The first-order valence-electron chi connectivity index (χ1n) is 6.87. The van der Waals surface area contributed by atoms with E-state index in [1.807, 2.05) is 31.2 Å². The number of hydrogen-bond acceptors (Lipinski definition) is 5. The molecule has 0 aliphatic carbocycles. The largest absolute Gasteiger partial charge is 0.382 e. The van der Waals surface area contributed by atoms with Crippen LogP contribution >= 0.6 is 0 Å². The van der Waals surface area contributed by atoms with Crippen molar-refractivity contribution < 1.29 is 8.42 Å². The average molecular weight is 308 g/mol. The quantitative estimate of drug-likeness (QED) is 0.840. The minimum absolute atomic E-state index is 0.115. The summed E-state index contributed by atoms with van der Waals surface area (Å²) >= 11 is 0. The number of benzene rings is 1. The minimum atomic E-state index is -2.96. The lowest BCUT2D eigenvalue weighted by molar-refractivity contribution is 0.593. The summed E-state index contributed by atoms with van der Waals surface area (Å²) < 4.78 is 24.9. The molecule has 6 nitrogen and oxygen atoms in total. The molecule has 0 saturated heterocycles. The summed E-state index contributed by atoms with van der Waals surface area (Å²) in [4.78, 5) is 3.90. The fourth-order valence-corrected chi connectivity index (χ4v) is 3.11. The summed E-state index contributed by atoms with van der Waals surface area (Å²) in [6.07, 6.45) is 3.18. The second-order valence-electron chi connectivity index (χ2n) is 5.03. The van der Waals surface area contributed by atoms with Gasteiger partial charge in [0.15, 0.2) is 9.84 Å². The van der Waals surface area contributed by atoms with E-state index in [1.165, 1.54) is 6.33 Å². The number of hydrogen-bond donors (Lipinski definition) is 1. The zero-order chi connectivity index (χ0) is 15.3. The van der Waals surface area contributed by atoms with Gasteiger partial charge in [-0.1, -0.05) is 19.1 Å². The van der Waals surface area contributed by atoms with Gasteiger partial charge in [-0.15, -0.1) is 0 Å². The summed E-state index contributed by atoms with van der Waals surface area (Å²) in [6, 6.07) is 7.76. The SMILES string of the molecule is CCS(=O)(=O)CC(C)Nc1ccc(Cn2cncn2)cc1. The summed E-state index contributed by atoms with van der Waals surface area (Å²) in [6.45, 7) is 4.21. The van der Waals surface area contributed by atoms with Crippen LogP contribution in [0.5, 0.6) is 0 Å². The number of anilines is 1. The van der Waals surface area contributed by atoms with Crippen molar-refractivity contribution in [1.29, 1.82) is 0 Å². The predicted octanol–water partition coefficient (Wildman–Crippen LogP) is 1.56. The molecule has 7 heteroatoms. The molecule has 1 N–H and O–H groups in total. The second-order valence-corrected chi connectivity index (χ2v) is 7.43. The van der Waals surface area contributed by atoms with Crippen molar-refractivity contribution in [2.75, 3.05) is 16.8 Å². The van der Waals surface area contributed by atoms with E-state index >= 15 is 0 Å². The Labute approximate surface area is 125 Å². The van der Waals surface area contributed by atoms with Crippen molar-refractivity contribution in [2.24, 2.45) is 0 Å². The Hall–Kier alpha value is -1.89. The number of sulfone groups is 1. The van der Waals surface area contributed by atoms with Gasteiger partial charge < -0.3 is 5.32 Å². The van der Waals surface area contributed by atoms with Crippen molar-refractivity contribution in [1.82, 2.24) is 14.8 Å². The Morgan fingerprint density at radius 1 is 1.29 bits per heavy atom. The Morgan fingerprint density at radius 3 is 2.57 bits per heavy atom. The molecule has 0 amide bonds. The van der Waals surface area contributed by atoms with Crippen molar-refractivity contribution in [3.63, 3.8) is 0 Å². The minimum Gasteiger partial charge on any atom is -0.382 e. The Bertz CT molecular complexity index is 651. The molecule has 0 aliphatic heterocycles. The van der Waals surface area contributed by atoms with Gasteiger partial charge in [-0.05, 0) is 24.6 Å².